The molecule has 2 heterocycles. The first-order valence-corrected chi connectivity index (χ1v) is 7.68. The number of carboxylic acids is 1. The lowest BCUT2D eigenvalue weighted by molar-refractivity contribution is 0.0689. The van der Waals surface area contributed by atoms with Crippen molar-refractivity contribution in [3.05, 3.63) is 45.7 Å². The number of aromatic carboxylic acids is 1. The summed E-state index contributed by atoms with van der Waals surface area (Å²) < 4.78 is 0. The van der Waals surface area contributed by atoms with E-state index in [1.807, 2.05) is 26.2 Å². The van der Waals surface area contributed by atoms with E-state index in [4.69, 9.17) is 5.11 Å². The Hall–Kier alpha value is -2.28. The van der Waals surface area contributed by atoms with Crippen molar-refractivity contribution in [1.29, 1.82) is 0 Å². The predicted molar refractivity (Wildman–Crippen MR) is 83.2 cm³/mol. The highest BCUT2D eigenvalue weighted by atomic mass is 32.1. The number of hydrogen-bond donors (Lipinski definition) is 2. The third-order valence-electron chi connectivity index (χ3n) is 3.43. The van der Waals surface area contributed by atoms with Crippen molar-refractivity contribution >= 4 is 23.2 Å². The lowest BCUT2D eigenvalue weighted by atomic mass is 9.99. The number of rotatable bonds is 5. The number of nitrogens with one attached hydrogen (secondary N) is 1. The quantitative estimate of drug-likeness (QED) is 0.883. The van der Waals surface area contributed by atoms with Gasteiger partial charge in [0.25, 0.3) is 5.91 Å². The van der Waals surface area contributed by atoms with Crippen LogP contribution in [0.25, 0.3) is 0 Å². The van der Waals surface area contributed by atoms with Gasteiger partial charge < -0.3 is 10.4 Å². The number of thiazole rings is 1. The number of carbonyl (C=O) groups excluding carboxylic acids is 1. The standard InChI is InChI=1S/C15H17N3O3S/c1-4-15(3,14-17-9(2)8-22-14)18-12(19)10-5-6-11(13(20)21)16-7-10/h5-8H,4H2,1-3H3,(H,18,19)(H,20,21). The van der Waals surface area contributed by atoms with E-state index in [-0.39, 0.29) is 11.6 Å². The molecule has 0 aliphatic rings. The minimum Gasteiger partial charge on any atom is -0.477 e. The van der Waals surface area contributed by atoms with Crippen molar-refractivity contribution in [3.63, 3.8) is 0 Å². The summed E-state index contributed by atoms with van der Waals surface area (Å²) in [5, 5.41) is 14.6. The number of pyridine rings is 1. The maximum Gasteiger partial charge on any atom is 0.354 e. The van der Waals surface area contributed by atoms with Gasteiger partial charge in [-0.25, -0.2) is 14.8 Å². The smallest absolute Gasteiger partial charge is 0.354 e. The Morgan fingerprint density at radius 2 is 2.14 bits per heavy atom. The average molecular weight is 319 g/mol. The maximum absolute atomic E-state index is 12.4. The summed E-state index contributed by atoms with van der Waals surface area (Å²) >= 11 is 1.51. The summed E-state index contributed by atoms with van der Waals surface area (Å²) in [7, 11) is 0. The highest BCUT2D eigenvalue weighted by Crippen LogP contribution is 2.27. The van der Waals surface area contributed by atoms with Gasteiger partial charge >= 0.3 is 5.97 Å². The third-order valence-corrected chi connectivity index (χ3v) is 4.66. The zero-order valence-corrected chi connectivity index (χ0v) is 13.4. The number of hydrogen-bond acceptors (Lipinski definition) is 5. The summed E-state index contributed by atoms with van der Waals surface area (Å²) in [5.41, 5.74) is 0.575. The molecule has 0 aromatic carbocycles. The van der Waals surface area contributed by atoms with E-state index >= 15 is 0 Å². The molecule has 0 aliphatic carbocycles. The highest BCUT2D eigenvalue weighted by molar-refractivity contribution is 7.09. The van der Waals surface area contributed by atoms with Gasteiger partial charge in [-0.1, -0.05) is 6.92 Å². The van der Waals surface area contributed by atoms with Gasteiger partial charge in [0, 0.05) is 17.3 Å². The molecule has 2 aromatic heterocycles. The Bertz CT molecular complexity index is 696. The lowest BCUT2D eigenvalue weighted by Crippen LogP contribution is -2.43. The van der Waals surface area contributed by atoms with E-state index in [1.54, 1.807) is 0 Å². The summed E-state index contributed by atoms with van der Waals surface area (Å²) in [6.07, 6.45) is 1.95. The molecule has 0 spiro atoms. The van der Waals surface area contributed by atoms with Crippen LogP contribution in [0.3, 0.4) is 0 Å². The van der Waals surface area contributed by atoms with Crippen LogP contribution in [0.2, 0.25) is 0 Å². The van der Waals surface area contributed by atoms with Crippen LogP contribution in [0.15, 0.2) is 23.7 Å². The Kier molecular flexibility index (Phi) is 4.56. The molecular formula is C15H17N3O3S. The topological polar surface area (TPSA) is 92.2 Å². The molecule has 0 radical (unpaired) electrons. The molecule has 0 fully saturated rings. The van der Waals surface area contributed by atoms with Crippen LogP contribution in [0, 0.1) is 6.92 Å². The van der Waals surface area contributed by atoms with Crippen LogP contribution in [-0.4, -0.2) is 27.0 Å². The summed E-state index contributed by atoms with van der Waals surface area (Å²) in [6, 6.07) is 2.77. The zero-order valence-electron chi connectivity index (χ0n) is 12.6. The van der Waals surface area contributed by atoms with Crippen molar-refractivity contribution in [3.8, 4) is 0 Å². The molecule has 0 saturated heterocycles. The first-order chi connectivity index (χ1) is 10.4. The van der Waals surface area contributed by atoms with Crippen molar-refractivity contribution in [1.82, 2.24) is 15.3 Å². The molecule has 6 nitrogen and oxygen atoms in total. The zero-order chi connectivity index (χ0) is 16.3. The molecule has 0 bridgehead atoms. The van der Waals surface area contributed by atoms with Crippen LogP contribution in [0.4, 0.5) is 0 Å². The molecule has 0 aliphatic heterocycles. The molecule has 116 valence electrons. The van der Waals surface area contributed by atoms with Gasteiger partial charge in [-0.2, -0.15) is 0 Å². The fraction of sp³-hybridized carbons (Fsp3) is 0.333. The molecule has 2 aromatic rings. The molecule has 0 saturated carbocycles. The van der Waals surface area contributed by atoms with Gasteiger partial charge in [-0.15, -0.1) is 11.3 Å². The van der Waals surface area contributed by atoms with Crippen LogP contribution >= 0.6 is 11.3 Å². The SMILES string of the molecule is CCC(C)(NC(=O)c1ccc(C(=O)O)nc1)c1nc(C)cs1. The largest absolute Gasteiger partial charge is 0.477 e. The Labute approximate surface area is 132 Å². The van der Waals surface area contributed by atoms with Crippen LogP contribution in [-0.2, 0) is 5.54 Å². The fourth-order valence-electron chi connectivity index (χ4n) is 1.88. The summed E-state index contributed by atoms with van der Waals surface area (Å²) in [5.74, 6) is -1.43. The van der Waals surface area contributed by atoms with E-state index in [2.05, 4.69) is 15.3 Å². The van der Waals surface area contributed by atoms with Gasteiger partial charge in [0.1, 0.15) is 10.7 Å². The summed E-state index contributed by atoms with van der Waals surface area (Å²) in [6.45, 7) is 5.80. The van der Waals surface area contributed by atoms with E-state index in [1.165, 1.54) is 29.7 Å². The van der Waals surface area contributed by atoms with Gasteiger partial charge in [-0.05, 0) is 32.4 Å². The Balaban J connectivity index is 2.20. The normalized spacial score (nSPS) is 13.4. The van der Waals surface area contributed by atoms with E-state index in [0.29, 0.717) is 12.0 Å². The molecule has 7 heteroatoms. The second kappa shape index (κ2) is 6.23. The average Bonchev–Trinajstić information content (AvgIpc) is 2.94. The second-order valence-electron chi connectivity index (χ2n) is 5.17. The number of carbonyl (C=O) groups is 2. The monoisotopic (exact) mass is 319 g/mol. The molecule has 2 rings (SSSR count). The lowest BCUT2D eigenvalue weighted by Gasteiger charge is -2.27. The van der Waals surface area contributed by atoms with E-state index in [0.717, 1.165) is 10.7 Å². The van der Waals surface area contributed by atoms with Gasteiger partial charge in [0.15, 0.2) is 0 Å². The Morgan fingerprint density at radius 1 is 1.41 bits per heavy atom. The minimum atomic E-state index is -1.12. The first kappa shape index (κ1) is 16.1. The van der Waals surface area contributed by atoms with Crippen molar-refractivity contribution < 1.29 is 14.7 Å². The number of carboxylic acid groups (broad SMARTS) is 1. The molecule has 1 atom stereocenters. The van der Waals surface area contributed by atoms with E-state index < -0.39 is 11.5 Å². The fourth-order valence-corrected chi connectivity index (χ4v) is 2.86. The van der Waals surface area contributed by atoms with Crippen molar-refractivity contribution in [2.75, 3.05) is 0 Å². The van der Waals surface area contributed by atoms with Gasteiger partial charge in [0.2, 0.25) is 0 Å². The Morgan fingerprint density at radius 3 is 2.59 bits per heavy atom. The predicted octanol–water partition coefficient (Wildman–Crippen LogP) is 2.60. The highest BCUT2D eigenvalue weighted by Gasteiger charge is 2.30. The van der Waals surface area contributed by atoms with Crippen molar-refractivity contribution in [2.24, 2.45) is 0 Å². The first-order valence-electron chi connectivity index (χ1n) is 6.80. The number of aryl methyl sites for hydroxylation is 1. The molecule has 1 unspecified atom stereocenters. The molecule has 1 amide bonds. The maximum atomic E-state index is 12.4. The molecule has 2 N–H and O–H groups in total. The molecule has 22 heavy (non-hydrogen) atoms. The van der Waals surface area contributed by atoms with Crippen LogP contribution < -0.4 is 5.32 Å². The van der Waals surface area contributed by atoms with Gasteiger partial charge in [-0.3, -0.25) is 4.79 Å². The third kappa shape index (κ3) is 3.30. The minimum absolute atomic E-state index is 0.0923. The van der Waals surface area contributed by atoms with Crippen molar-refractivity contribution in [2.45, 2.75) is 32.7 Å². The number of nitrogens with zero attached hydrogens (tertiary/aromatic N) is 2. The number of amides is 1. The van der Waals surface area contributed by atoms with Gasteiger partial charge in [0.05, 0.1) is 11.1 Å². The number of aromatic nitrogens is 2. The van der Waals surface area contributed by atoms with Crippen LogP contribution in [0.5, 0.6) is 0 Å². The van der Waals surface area contributed by atoms with E-state index in [9.17, 15) is 9.59 Å². The second-order valence-corrected chi connectivity index (χ2v) is 6.03. The molecular weight excluding hydrogens is 302 g/mol. The van der Waals surface area contributed by atoms with Crippen LogP contribution in [0.1, 0.15) is 51.8 Å². The summed E-state index contributed by atoms with van der Waals surface area (Å²) in [4.78, 5) is 31.3.